The number of aromatic nitrogens is 2. The molecule has 123 valence electrons. The molecule has 12 heteroatoms. The van der Waals surface area contributed by atoms with Crippen molar-refractivity contribution in [3.8, 4) is 0 Å². The number of H-pyrrole nitrogens is 1. The normalized spacial score (nSPS) is 16.0. The highest BCUT2D eigenvalue weighted by Crippen LogP contribution is 2.35. The number of fused-ring (bicyclic) bond motifs is 1. The Bertz CT molecular complexity index is 618. The van der Waals surface area contributed by atoms with Crippen molar-refractivity contribution in [1.29, 1.82) is 0 Å². The van der Waals surface area contributed by atoms with Crippen molar-refractivity contribution < 1.29 is 24.2 Å². The molecule has 1 aromatic heterocycles. The van der Waals surface area contributed by atoms with Gasteiger partial charge in [-0.25, -0.2) is 10.8 Å². The van der Waals surface area contributed by atoms with Gasteiger partial charge in [0, 0.05) is 6.42 Å². The average Bonchev–Trinajstić information content (AvgIpc) is 2.73. The maximum atomic E-state index is 11.8. The molecule has 0 aromatic carbocycles. The van der Waals surface area contributed by atoms with Crippen molar-refractivity contribution in [3.05, 3.63) is 23.1 Å². The number of rotatable bonds is 7. The molecule has 1 radical (unpaired) electrons. The summed E-state index contributed by atoms with van der Waals surface area (Å²) in [5, 5.41) is 10.8. The third kappa shape index (κ3) is 4.26. The molecule has 1 aliphatic heterocycles. The first-order valence-corrected chi connectivity index (χ1v) is 8.10. The smallest absolute Gasteiger partial charge is 0.325 e. The summed E-state index contributed by atoms with van der Waals surface area (Å²) in [5.74, 6) is 6.00. The fourth-order valence-corrected chi connectivity index (χ4v) is 2.41. The van der Waals surface area contributed by atoms with Crippen LogP contribution >= 0.6 is 7.60 Å². The van der Waals surface area contributed by atoms with Gasteiger partial charge in [0.15, 0.2) is 17.8 Å². The summed E-state index contributed by atoms with van der Waals surface area (Å²) in [6.45, 7) is 0.0215. The molecule has 0 amide bonds. The Balaban J connectivity index is 1.86. The summed E-state index contributed by atoms with van der Waals surface area (Å²) in [6, 6.07) is 0. The van der Waals surface area contributed by atoms with Gasteiger partial charge < -0.3 is 29.5 Å². The quantitative estimate of drug-likeness (QED) is 0.220. The Kier molecular flexibility index (Phi) is 5.16. The molecule has 1 aliphatic rings. The lowest BCUT2D eigenvalue weighted by molar-refractivity contribution is -0.0758. The van der Waals surface area contributed by atoms with E-state index in [1.807, 2.05) is 0 Å². The third-order valence-electron chi connectivity index (χ3n) is 2.91. The Hall–Kier alpha value is -1.49. The molecule has 1 aromatic rings. The molecular formula is C10H17N5O6P. The lowest BCUT2D eigenvalue weighted by Gasteiger charge is -2.20. The largest absolute Gasteiger partial charge is 0.368 e. The standard InChI is InChI=1S/C10H17N5O6P/c11-15-5-14(8-9(15)12-4-13-10(8)17)6-21-7(16)2-1-3-22(18,19)20/h2,4,7,16H,1,3,5-6,11H2,(H,12,13,17)(H2,18,19,20)/t7-/m0/s1. The zero-order chi connectivity index (χ0) is 16.3. The van der Waals surface area contributed by atoms with E-state index in [2.05, 4.69) is 9.97 Å². The Morgan fingerprint density at radius 3 is 3.00 bits per heavy atom. The predicted octanol–water partition coefficient (Wildman–Crippen LogP) is -1.71. The second kappa shape index (κ2) is 6.73. The van der Waals surface area contributed by atoms with Crippen molar-refractivity contribution >= 4 is 19.1 Å². The van der Waals surface area contributed by atoms with Crippen molar-refractivity contribution in [2.45, 2.75) is 12.7 Å². The molecule has 0 spiro atoms. The average molecular weight is 334 g/mol. The molecule has 0 unspecified atom stereocenters. The van der Waals surface area contributed by atoms with Crippen LogP contribution in [0.4, 0.5) is 11.5 Å². The highest BCUT2D eigenvalue weighted by atomic mass is 31.2. The maximum Gasteiger partial charge on any atom is 0.325 e. The van der Waals surface area contributed by atoms with Crippen molar-refractivity contribution in [2.75, 3.05) is 29.5 Å². The predicted molar refractivity (Wildman–Crippen MR) is 76.7 cm³/mol. The van der Waals surface area contributed by atoms with E-state index in [4.69, 9.17) is 20.4 Å². The summed E-state index contributed by atoms with van der Waals surface area (Å²) < 4.78 is 15.8. The summed E-state index contributed by atoms with van der Waals surface area (Å²) in [5.41, 5.74) is -0.158. The number of nitrogens with zero attached hydrogens (tertiary/aromatic N) is 3. The van der Waals surface area contributed by atoms with Crippen LogP contribution in [0.2, 0.25) is 0 Å². The second-order valence-electron chi connectivity index (χ2n) is 4.65. The van der Waals surface area contributed by atoms with Crippen LogP contribution in [-0.2, 0) is 9.30 Å². The van der Waals surface area contributed by atoms with Gasteiger partial charge in [-0.3, -0.25) is 14.4 Å². The van der Waals surface area contributed by atoms with E-state index in [1.54, 1.807) is 0 Å². The number of anilines is 2. The van der Waals surface area contributed by atoms with Crippen molar-refractivity contribution in [1.82, 2.24) is 9.97 Å². The first kappa shape index (κ1) is 16.9. The van der Waals surface area contributed by atoms with Gasteiger partial charge in [0.1, 0.15) is 13.4 Å². The van der Waals surface area contributed by atoms with E-state index in [-0.39, 0.29) is 37.2 Å². The molecule has 6 N–H and O–H groups in total. The SMILES string of the molecule is NN1CN(CO[C@H](O)[CH]CCP(=O)(O)O)c2c1nc[nH]c2=O. The van der Waals surface area contributed by atoms with Crippen LogP contribution in [0.3, 0.4) is 0 Å². The monoisotopic (exact) mass is 334 g/mol. The van der Waals surface area contributed by atoms with Crippen LogP contribution in [0.1, 0.15) is 6.42 Å². The van der Waals surface area contributed by atoms with Gasteiger partial charge in [-0.05, 0) is 6.42 Å². The number of hydrazine groups is 1. The van der Waals surface area contributed by atoms with Crippen molar-refractivity contribution in [3.63, 3.8) is 0 Å². The van der Waals surface area contributed by atoms with Crippen LogP contribution < -0.4 is 21.3 Å². The van der Waals surface area contributed by atoms with Gasteiger partial charge in [-0.2, -0.15) is 0 Å². The molecule has 0 aliphatic carbocycles. The number of nitrogens with one attached hydrogen (secondary N) is 1. The lowest BCUT2D eigenvalue weighted by Crippen LogP contribution is -2.38. The molecular weight excluding hydrogens is 317 g/mol. The first-order chi connectivity index (χ1) is 10.3. The lowest BCUT2D eigenvalue weighted by atomic mass is 10.3. The number of hydrogen-bond donors (Lipinski definition) is 5. The van der Waals surface area contributed by atoms with Crippen LogP contribution in [-0.4, -0.2) is 50.7 Å². The number of aliphatic hydroxyl groups is 1. The summed E-state index contributed by atoms with van der Waals surface area (Å²) in [7, 11) is -4.11. The van der Waals surface area contributed by atoms with E-state index >= 15 is 0 Å². The number of nitrogens with two attached hydrogens (primary N) is 1. The van der Waals surface area contributed by atoms with Gasteiger partial charge >= 0.3 is 7.60 Å². The fourth-order valence-electron chi connectivity index (χ4n) is 1.92. The summed E-state index contributed by atoms with van der Waals surface area (Å²) in [4.78, 5) is 37.0. The molecule has 0 saturated carbocycles. The van der Waals surface area contributed by atoms with E-state index in [9.17, 15) is 14.5 Å². The molecule has 1 atom stereocenters. The van der Waals surface area contributed by atoms with Gasteiger partial charge in [-0.15, -0.1) is 0 Å². The zero-order valence-electron chi connectivity index (χ0n) is 11.5. The van der Waals surface area contributed by atoms with Gasteiger partial charge in [0.05, 0.1) is 12.5 Å². The Morgan fingerprint density at radius 2 is 2.32 bits per heavy atom. The van der Waals surface area contributed by atoms with Gasteiger partial charge in [0.25, 0.3) is 5.56 Å². The Labute approximate surface area is 125 Å². The van der Waals surface area contributed by atoms with Gasteiger partial charge in [-0.1, -0.05) is 0 Å². The topological polar surface area (TPSA) is 165 Å². The Morgan fingerprint density at radius 1 is 1.59 bits per heavy atom. The highest BCUT2D eigenvalue weighted by Gasteiger charge is 2.28. The molecule has 22 heavy (non-hydrogen) atoms. The van der Waals surface area contributed by atoms with Crippen LogP contribution in [0.25, 0.3) is 0 Å². The van der Waals surface area contributed by atoms with E-state index in [0.717, 1.165) is 0 Å². The van der Waals surface area contributed by atoms with Gasteiger partial charge in [0.2, 0.25) is 0 Å². The third-order valence-corrected chi connectivity index (χ3v) is 3.75. The minimum absolute atomic E-state index is 0.00676. The summed E-state index contributed by atoms with van der Waals surface area (Å²) in [6.07, 6.45) is 0.755. The maximum absolute atomic E-state index is 11.8. The number of hydrogen-bond acceptors (Lipinski definition) is 8. The molecule has 0 saturated heterocycles. The molecule has 0 bridgehead atoms. The second-order valence-corrected chi connectivity index (χ2v) is 6.43. The fraction of sp³-hybridized carbons (Fsp3) is 0.500. The van der Waals surface area contributed by atoms with Crippen molar-refractivity contribution in [2.24, 2.45) is 5.84 Å². The minimum Gasteiger partial charge on any atom is -0.368 e. The zero-order valence-corrected chi connectivity index (χ0v) is 12.4. The highest BCUT2D eigenvalue weighted by molar-refractivity contribution is 7.51. The number of aliphatic hydroxyl groups excluding tert-OH is 1. The first-order valence-electron chi connectivity index (χ1n) is 6.30. The van der Waals surface area contributed by atoms with Crippen LogP contribution in [0.15, 0.2) is 11.1 Å². The molecule has 2 rings (SSSR count). The van der Waals surface area contributed by atoms with E-state index < -0.39 is 13.9 Å². The van der Waals surface area contributed by atoms with Crippen LogP contribution in [0, 0.1) is 6.42 Å². The van der Waals surface area contributed by atoms with E-state index in [0.29, 0.717) is 5.82 Å². The number of aromatic amines is 1. The molecule has 11 nitrogen and oxygen atoms in total. The molecule has 2 heterocycles. The minimum atomic E-state index is -4.11. The number of ether oxygens (including phenoxy) is 1. The van der Waals surface area contributed by atoms with Crippen LogP contribution in [0.5, 0.6) is 0 Å². The van der Waals surface area contributed by atoms with E-state index in [1.165, 1.54) is 22.7 Å². The molecule has 0 fully saturated rings. The summed E-state index contributed by atoms with van der Waals surface area (Å²) >= 11 is 0.